The Morgan fingerprint density at radius 2 is 2.25 bits per heavy atom. The van der Waals surface area contributed by atoms with E-state index in [0.717, 1.165) is 24.3 Å². The third kappa shape index (κ3) is 1.71. The Kier molecular flexibility index (Phi) is 2.96. The minimum atomic E-state index is 0.485. The van der Waals surface area contributed by atoms with Crippen LogP contribution in [0.25, 0.3) is 5.78 Å². The molecule has 0 saturated carbocycles. The lowest BCUT2D eigenvalue weighted by molar-refractivity contribution is 0.795. The molecule has 16 heavy (non-hydrogen) atoms. The van der Waals surface area contributed by atoms with E-state index in [1.165, 1.54) is 6.33 Å². The van der Waals surface area contributed by atoms with Crippen LogP contribution >= 0.6 is 11.6 Å². The summed E-state index contributed by atoms with van der Waals surface area (Å²) in [7, 11) is 2.02. The number of anilines is 1. The van der Waals surface area contributed by atoms with Gasteiger partial charge in [-0.15, -0.1) is 0 Å². The summed E-state index contributed by atoms with van der Waals surface area (Å²) in [6.45, 7) is 5.02. The zero-order chi connectivity index (χ0) is 11.7. The van der Waals surface area contributed by atoms with Gasteiger partial charge in [-0.25, -0.2) is 0 Å². The average Bonchev–Trinajstić information content (AvgIpc) is 2.67. The van der Waals surface area contributed by atoms with Gasteiger partial charge in [0.05, 0.1) is 0 Å². The molecule has 0 N–H and O–H groups in total. The molecule has 0 saturated heterocycles. The van der Waals surface area contributed by atoms with Gasteiger partial charge in [0.25, 0.3) is 5.78 Å². The molecule has 0 aliphatic rings. The highest BCUT2D eigenvalue weighted by molar-refractivity contribution is 6.30. The molecule has 0 radical (unpaired) electrons. The molecule has 5 nitrogen and oxygen atoms in total. The lowest BCUT2D eigenvalue weighted by atomic mass is 10.3. The topological polar surface area (TPSA) is 46.3 Å². The van der Waals surface area contributed by atoms with E-state index < -0.39 is 0 Å². The van der Waals surface area contributed by atoms with Crippen molar-refractivity contribution in [3.8, 4) is 0 Å². The van der Waals surface area contributed by atoms with Crippen molar-refractivity contribution in [3.05, 3.63) is 17.0 Å². The van der Waals surface area contributed by atoms with Gasteiger partial charge in [-0.3, -0.25) is 0 Å². The first-order valence-corrected chi connectivity index (χ1v) is 5.60. The van der Waals surface area contributed by atoms with E-state index in [0.29, 0.717) is 10.9 Å². The van der Waals surface area contributed by atoms with Crippen LogP contribution in [0, 0.1) is 6.92 Å². The molecule has 2 aromatic rings. The van der Waals surface area contributed by atoms with Gasteiger partial charge in [0.1, 0.15) is 17.3 Å². The van der Waals surface area contributed by atoms with Crippen LogP contribution in [0.5, 0.6) is 0 Å². The predicted molar refractivity (Wildman–Crippen MR) is 64.1 cm³/mol. The molecule has 0 bridgehead atoms. The van der Waals surface area contributed by atoms with E-state index in [9.17, 15) is 0 Å². The number of hydrogen-bond acceptors (Lipinski definition) is 4. The van der Waals surface area contributed by atoms with Gasteiger partial charge in [0, 0.05) is 19.2 Å². The fourth-order valence-electron chi connectivity index (χ4n) is 1.77. The van der Waals surface area contributed by atoms with E-state index in [2.05, 4.69) is 26.9 Å². The Morgan fingerprint density at radius 3 is 2.94 bits per heavy atom. The minimum Gasteiger partial charge on any atom is -0.359 e. The van der Waals surface area contributed by atoms with E-state index in [1.807, 2.05) is 14.0 Å². The van der Waals surface area contributed by atoms with Crippen molar-refractivity contribution in [3.63, 3.8) is 0 Å². The van der Waals surface area contributed by atoms with Crippen LogP contribution in [0.4, 0.5) is 5.82 Å². The highest BCUT2D eigenvalue weighted by atomic mass is 35.5. The zero-order valence-electron chi connectivity index (χ0n) is 9.61. The van der Waals surface area contributed by atoms with Crippen LogP contribution in [-0.4, -0.2) is 33.2 Å². The second-order valence-electron chi connectivity index (χ2n) is 3.74. The van der Waals surface area contributed by atoms with E-state index in [-0.39, 0.29) is 0 Å². The van der Waals surface area contributed by atoms with Crippen LogP contribution < -0.4 is 4.90 Å². The van der Waals surface area contributed by atoms with Crippen molar-refractivity contribution in [1.29, 1.82) is 0 Å². The van der Waals surface area contributed by atoms with Gasteiger partial charge in [-0.1, -0.05) is 18.5 Å². The number of aromatic nitrogens is 4. The van der Waals surface area contributed by atoms with Gasteiger partial charge in [-0.2, -0.15) is 19.6 Å². The molecule has 86 valence electrons. The zero-order valence-corrected chi connectivity index (χ0v) is 10.4. The molecule has 0 spiro atoms. The lowest BCUT2D eigenvalue weighted by Gasteiger charge is -2.21. The fourth-order valence-corrected chi connectivity index (χ4v) is 1.93. The third-order valence-electron chi connectivity index (χ3n) is 2.49. The van der Waals surface area contributed by atoms with Gasteiger partial charge >= 0.3 is 0 Å². The van der Waals surface area contributed by atoms with E-state index in [1.54, 1.807) is 4.52 Å². The third-order valence-corrected chi connectivity index (χ3v) is 2.86. The largest absolute Gasteiger partial charge is 0.359 e. The van der Waals surface area contributed by atoms with Crippen LogP contribution in [0.3, 0.4) is 0 Å². The highest BCUT2D eigenvalue weighted by Crippen LogP contribution is 2.24. The molecule has 0 aliphatic heterocycles. The molecule has 0 unspecified atom stereocenters. The van der Waals surface area contributed by atoms with E-state index in [4.69, 9.17) is 11.6 Å². The van der Waals surface area contributed by atoms with Crippen molar-refractivity contribution < 1.29 is 0 Å². The summed E-state index contributed by atoms with van der Waals surface area (Å²) in [5.41, 5.74) is 0.926. The molecule has 0 aromatic carbocycles. The van der Waals surface area contributed by atoms with Gasteiger partial charge in [0.15, 0.2) is 0 Å². The standard InChI is InChI=1S/C10H14ClN5/c1-4-5-15(3)9-7(2)8(11)14-10-12-6-13-16(9)10/h6H,4-5H2,1-3H3. The summed E-state index contributed by atoms with van der Waals surface area (Å²) >= 11 is 6.08. The SMILES string of the molecule is CCCN(C)c1c(C)c(Cl)nc2ncnn12. The maximum atomic E-state index is 6.08. The van der Waals surface area contributed by atoms with Crippen LogP contribution in [0.1, 0.15) is 18.9 Å². The first kappa shape index (κ1) is 11.1. The molecule has 0 atom stereocenters. The number of hydrogen-bond donors (Lipinski definition) is 0. The maximum Gasteiger partial charge on any atom is 0.255 e. The monoisotopic (exact) mass is 239 g/mol. The van der Waals surface area contributed by atoms with Crippen LogP contribution in [-0.2, 0) is 0 Å². The lowest BCUT2D eigenvalue weighted by Crippen LogP contribution is -2.22. The Morgan fingerprint density at radius 1 is 1.50 bits per heavy atom. The molecular formula is C10H14ClN5. The molecule has 0 amide bonds. The first-order chi connectivity index (χ1) is 7.65. The Labute approximate surface area is 99.1 Å². The first-order valence-electron chi connectivity index (χ1n) is 5.22. The summed E-state index contributed by atoms with van der Waals surface area (Å²) in [5, 5.41) is 4.65. The molecular weight excluding hydrogens is 226 g/mol. The van der Waals surface area contributed by atoms with Gasteiger partial charge in [0.2, 0.25) is 0 Å². The summed E-state index contributed by atoms with van der Waals surface area (Å²) < 4.78 is 1.72. The second kappa shape index (κ2) is 4.25. The van der Waals surface area contributed by atoms with Crippen LogP contribution in [0.15, 0.2) is 6.33 Å². The van der Waals surface area contributed by atoms with Crippen molar-refractivity contribution in [1.82, 2.24) is 19.6 Å². The van der Waals surface area contributed by atoms with Crippen molar-refractivity contribution in [2.45, 2.75) is 20.3 Å². The maximum absolute atomic E-state index is 6.08. The van der Waals surface area contributed by atoms with Crippen molar-refractivity contribution >= 4 is 23.2 Å². The normalized spacial score (nSPS) is 11.0. The summed E-state index contributed by atoms with van der Waals surface area (Å²) in [6.07, 6.45) is 2.55. The smallest absolute Gasteiger partial charge is 0.255 e. The second-order valence-corrected chi connectivity index (χ2v) is 4.10. The number of nitrogens with zero attached hydrogens (tertiary/aromatic N) is 5. The van der Waals surface area contributed by atoms with Crippen LogP contribution in [0.2, 0.25) is 5.15 Å². The highest BCUT2D eigenvalue weighted by Gasteiger charge is 2.14. The predicted octanol–water partition coefficient (Wildman–Crippen LogP) is 1.93. The van der Waals surface area contributed by atoms with Crippen molar-refractivity contribution in [2.75, 3.05) is 18.5 Å². The van der Waals surface area contributed by atoms with Gasteiger partial charge in [-0.05, 0) is 13.3 Å². The molecule has 2 rings (SSSR count). The fraction of sp³-hybridized carbons (Fsp3) is 0.500. The number of rotatable bonds is 3. The molecule has 6 heteroatoms. The van der Waals surface area contributed by atoms with E-state index >= 15 is 0 Å². The number of fused-ring (bicyclic) bond motifs is 1. The Hall–Kier alpha value is -1.36. The summed E-state index contributed by atoms with van der Waals surface area (Å²) in [4.78, 5) is 10.3. The molecule has 2 heterocycles. The Balaban J connectivity index is 2.64. The molecule has 0 aliphatic carbocycles. The average molecular weight is 240 g/mol. The minimum absolute atomic E-state index is 0.485. The molecule has 0 fully saturated rings. The Bertz CT molecular complexity index is 507. The summed E-state index contributed by atoms with van der Waals surface area (Å²) in [5.74, 6) is 1.49. The quantitative estimate of drug-likeness (QED) is 0.768. The number of halogens is 1. The van der Waals surface area contributed by atoms with Crippen molar-refractivity contribution in [2.24, 2.45) is 0 Å². The molecule has 2 aromatic heterocycles. The summed E-state index contributed by atoms with van der Waals surface area (Å²) in [6, 6.07) is 0. The van der Waals surface area contributed by atoms with Gasteiger partial charge < -0.3 is 4.90 Å².